The molecule has 1 saturated heterocycles. The lowest BCUT2D eigenvalue weighted by Crippen LogP contribution is -2.29. The third-order valence-electron chi connectivity index (χ3n) is 7.04. The fraction of sp³-hybridized carbons (Fsp3) is 0.219. The number of carbonyl (C=O) groups excluding carboxylic acids is 2. The number of aliphatic hydroxyl groups excluding tert-OH is 1. The lowest BCUT2D eigenvalue weighted by atomic mass is 9.94. The molecule has 6 rings (SSSR count). The van der Waals surface area contributed by atoms with Crippen LogP contribution >= 0.6 is 11.3 Å². The Labute approximate surface area is 241 Å². The molecule has 2 atom stereocenters. The van der Waals surface area contributed by atoms with Crippen molar-refractivity contribution in [1.29, 1.82) is 0 Å². The molecule has 0 radical (unpaired) electrons. The van der Waals surface area contributed by atoms with Crippen molar-refractivity contribution >= 4 is 44.1 Å². The van der Waals surface area contributed by atoms with Crippen molar-refractivity contribution in [2.75, 3.05) is 18.1 Å². The van der Waals surface area contributed by atoms with Gasteiger partial charge in [-0.2, -0.15) is 0 Å². The van der Waals surface area contributed by atoms with E-state index in [1.807, 2.05) is 38.1 Å². The molecule has 208 valence electrons. The van der Waals surface area contributed by atoms with Gasteiger partial charge in [-0.3, -0.25) is 14.5 Å². The normalized spacial score (nSPS) is 19.3. The van der Waals surface area contributed by atoms with Gasteiger partial charge in [0.2, 0.25) is 0 Å². The van der Waals surface area contributed by atoms with Crippen LogP contribution in [0.25, 0.3) is 16.0 Å². The highest BCUT2D eigenvalue weighted by molar-refractivity contribution is 7.22. The van der Waals surface area contributed by atoms with E-state index in [0.717, 1.165) is 16.0 Å². The minimum atomic E-state index is -0.904. The minimum absolute atomic E-state index is 0.00376. The van der Waals surface area contributed by atoms with Gasteiger partial charge in [0.1, 0.15) is 35.7 Å². The van der Waals surface area contributed by atoms with Crippen LogP contribution in [0.1, 0.15) is 36.6 Å². The van der Waals surface area contributed by atoms with Crippen LogP contribution < -0.4 is 19.1 Å². The summed E-state index contributed by atoms with van der Waals surface area (Å²) >= 11 is 1.28. The van der Waals surface area contributed by atoms with E-state index in [-0.39, 0.29) is 17.4 Å². The number of anilines is 1. The van der Waals surface area contributed by atoms with E-state index in [1.165, 1.54) is 16.2 Å². The summed E-state index contributed by atoms with van der Waals surface area (Å²) in [6.45, 7) is 8.41. The molecule has 0 saturated carbocycles. The van der Waals surface area contributed by atoms with Crippen molar-refractivity contribution in [3.63, 3.8) is 0 Å². The monoisotopic (exact) mass is 568 g/mol. The summed E-state index contributed by atoms with van der Waals surface area (Å²) in [5, 5.41) is 11.9. The fourth-order valence-corrected chi connectivity index (χ4v) is 6.24. The van der Waals surface area contributed by atoms with Crippen molar-refractivity contribution in [1.82, 2.24) is 4.98 Å². The summed E-state index contributed by atoms with van der Waals surface area (Å²) in [5.74, 6) is 0.275. The zero-order valence-electron chi connectivity index (χ0n) is 22.6. The summed E-state index contributed by atoms with van der Waals surface area (Å²) in [4.78, 5) is 33.3. The van der Waals surface area contributed by atoms with Crippen LogP contribution in [0.5, 0.6) is 17.2 Å². The van der Waals surface area contributed by atoms with Crippen LogP contribution in [0, 0.1) is 0 Å². The number of amides is 1. The Balaban J connectivity index is 1.48. The molecule has 2 aliphatic heterocycles. The molecule has 8 nitrogen and oxygen atoms in total. The summed E-state index contributed by atoms with van der Waals surface area (Å²) in [7, 11) is 0. The van der Waals surface area contributed by atoms with Gasteiger partial charge < -0.3 is 19.3 Å². The highest BCUT2D eigenvalue weighted by Gasteiger charge is 2.48. The maximum absolute atomic E-state index is 13.6. The van der Waals surface area contributed by atoms with E-state index < -0.39 is 17.7 Å². The van der Waals surface area contributed by atoms with E-state index >= 15 is 0 Å². The number of aliphatic hydroxyl groups is 1. The Bertz CT molecular complexity index is 1710. The Morgan fingerprint density at radius 2 is 1.90 bits per heavy atom. The highest BCUT2D eigenvalue weighted by Crippen LogP contribution is 2.45. The number of fused-ring (bicyclic) bond motifs is 2. The first-order chi connectivity index (χ1) is 19.9. The van der Waals surface area contributed by atoms with Gasteiger partial charge >= 0.3 is 5.91 Å². The molecule has 3 heterocycles. The first-order valence-electron chi connectivity index (χ1n) is 13.4. The second-order valence-electron chi connectivity index (χ2n) is 9.85. The average molecular weight is 569 g/mol. The number of thiazole rings is 1. The Kier molecular flexibility index (Phi) is 6.96. The minimum Gasteiger partial charge on any atom is -0.507 e. The second-order valence-corrected chi connectivity index (χ2v) is 10.9. The molecular formula is C32H28N2O6S. The number of aromatic nitrogens is 1. The zero-order valence-corrected chi connectivity index (χ0v) is 23.4. The van der Waals surface area contributed by atoms with Crippen LogP contribution in [0.4, 0.5) is 5.13 Å². The van der Waals surface area contributed by atoms with Crippen molar-refractivity contribution in [2.24, 2.45) is 0 Å². The smallest absolute Gasteiger partial charge is 0.301 e. The van der Waals surface area contributed by atoms with Gasteiger partial charge in [-0.1, -0.05) is 36.1 Å². The van der Waals surface area contributed by atoms with Crippen LogP contribution in [0.3, 0.4) is 0 Å². The topological polar surface area (TPSA) is 98.2 Å². The quantitative estimate of drug-likeness (QED) is 0.117. The Morgan fingerprint density at radius 3 is 2.66 bits per heavy atom. The van der Waals surface area contributed by atoms with Gasteiger partial charge in [-0.05, 0) is 73.5 Å². The van der Waals surface area contributed by atoms with E-state index in [4.69, 9.17) is 19.2 Å². The van der Waals surface area contributed by atoms with Crippen LogP contribution in [-0.2, 0) is 16.0 Å². The number of ether oxygens (including phenoxy) is 3. The molecule has 9 heteroatoms. The number of hydrogen-bond acceptors (Lipinski definition) is 8. The van der Waals surface area contributed by atoms with E-state index in [9.17, 15) is 14.7 Å². The molecule has 2 aliphatic rings. The van der Waals surface area contributed by atoms with Gasteiger partial charge in [-0.15, -0.1) is 0 Å². The number of Topliss-reactive ketones (excluding diaryl/α,β-unsaturated/α-hetero) is 1. The maximum Gasteiger partial charge on any atom is 0.301 e. The number of hydrogen-bond donors (Lipinski definition) is 1. The van der Waals surface area contributed by atoms with Gasteiger partial charge in [0.05, 0.1) is 28.4 Å². The Hall–Kier alpha value is -4.63. The first kappa shape index (κ1) is 26.6. The molecule has 41 heavy (non-hydrogen) atoms. The van der Waals surface area contributed by atoms with Crippen molar-refractivity contribution in [3.05, 3.63) is 95.6 Å². The number of rotatable bonds is 8. The molecule has 4 aromatic rings. The molecule has 1 aromatic heterocycles. The molecule has 0 bridgehead atoms. The summed E-state index contributed by atoms with van der Waals surface area (Å²) < 4.78 is 17.9. The van der Waals surface area contributed by atoms with Crippen molar-refractivity contribution in [3.8, 4) is 17.2 Å². The SMILES string of the molecule is C=CCOc1ccc([C@@H]2/C(=C(\O)c3ccc4c(c3)C[C@H](C)O4)C(=O)C(=O)N2c2nc3ccc(OCC)cc3s2)cc1. The van der Waals surface area contributed by atoms with E-state index in [2.05, 4.69) is 6.58 Å². The van der Waals surface area contributed by atoms with Gasteiger partial charge in [0, 0.05) is 12.0 Å². The number of carbonyl (C=O) groups is 2. The first-order valence-corrected chi connectivity index (χ1v) is 14.2. The predicted molar refractivity (Wildman–Crippen MR) is 158 cm³/mol. The van der Waals surface area contributed by atoms with Crippen LogP contribution in [0.15, 0.2) is 78.9 Å². The molecule has 1 amide bonds. The molecule has 3 aromatic carbocycles. The predicted octanol–water partition coefficient (Wildman–Crippen LogP) is 6.21. The van der Waals surface area contributed by atoms with Gasteiger partial charge in [0.25, 0.3) is 5.78 Å². The zero-order chi connectivity index (χ0) is 28.7. The number of benzene rings is 3. The van der Waals surface area contributed by atoms with E-state index in [1.54, 1.807) is 42.5 Å². The van der Waals surface area contributed by atoms with Crippen LogP contribution in [-0.4, -0.2) is 41.1 Å². The largest absolute Gasteiger partial charge is 0.507 e. The fourth-order valence-electron chi connectivity index (χ4n) is 5.22. The molecule has 1 N–H and O–H groups in total. The molecule has 1 fully saturated rings. The molecule has 0 spiro atoms. The van der Waals surface area contributed by atoms with Gasteiger partial charge in [-0.25, -0.2) is 4.98 Å². The maximum atomic E-state index is 13.6. The number of nitrogens with zero attached hydrogens (tertiary/aromatic N) is 2. The Morgan fingerprint density at radius 1 is 1.12 bits per heavy atom. The number of ketones is 1. The summed E-state index contributed by atoms with van der Waals surface area (Å²) in [6.07, 6.45) is 2.36. The standard InChI is InChI=1S/C32H28N2O6S/c1-4-14-39-22-9-6-19(7-10-22)28-27(29(35)20-8-13-25-21(16-20)15-18(3)40-25)30(36)31(37)34(28)32-33-24-12-11-23(38-5-2)17-26(24)41-32/h4,6-13,16-18,28,35H,1,5,14-15H2,2-3H3/b29-27+/t18-,28+/m0/s1. The van der Waals surface area contributed by atoms with Crippen LogP contribution in [0.2, 0.25) is 0 Å². The lowest BCUT2D eigenvalue weighted by molar-refractivity contribution is -0.132. The van der Waals surface area contributed by atoms with Crippen molar-refractivity contribution in [2.45, 2.75) is 32.4 Å². The van der Waals surface area contributed by atoms with E-state index in [0.29, 0.717) is 52.9 Å². The highest BCUT2D eigenvalue weighted by atomic mass is 32.1. The summed E-state index contributed by atoms with van der Waals surface area (Å²) in [6, 6.07) is 17.0. The van der Waals surface area contributed by atoms with Gasteiger partial charge in [0.15, 0.2) is 5.13 Å². The second kappa shape index (κ2) is 10.7. The van der Waals surface area contributed by atoms with Crippen molar-refractivity contribution < 1.29 is 28.9 Å². The third kappa shape index (κ3) is 4.82. The molecule has 0 unspecified atom stereocenters. The average Bonchev–Trinajstić information content (AvgIpc) is 3.64. The lowest BCUT2D eigenvalue weighted by Gasteiger charge is -2.23. The third-order valence-corrected chi connectivity index (χ3v) is 8.06. The summed E-state index contributed by atoms with van der Waals surface area (Å²) in [5.41, 5.74) is 2.68. The molecule has 0 aliphatic carbocycles. The molecular weight excluding hydrogens is 540 g/mol.